The van der Waals surface area contributed by atoms with Gasteiger partial charge in [-0.25, -0.2) is 4.79 Å². The first-order chi connectivity index (χ1) is 15.7. The number of fused-ring (bicyclic) bond motifs is 1. The number of benzene rings is 2. The smallest absolute Gasteiger partial charge is 0.408 e. The highest BCUT2D eigenvalue weighted by atomic mass is 16.6. The number of alkyl carbamates (subject to hydrolysis) is 1. The number of amides is 2. The Morgan fingerprint density at radius 3 is 2.42 bits per heavy atom. The Hall–Kier alpha value is -3.81. The summed E-state index contributed by atoms with van der Waals surface area (Å²) in [4.78, 5) is 37.4. The van der Waals surface area contributed by atoms with E-state index in [1.54, 1.807) is 27.7 Å². The third-order valence-corrected chi connectivity index (χ3v) is 4.35. The third kappa shape index (κ3) is 9.06. The van der Waals surface area contributed by atoms with Crippen LogP contribution in [0.2, 0.25) is 0 Å². The van der Waals surface area contributed by atoms with Gasteiger partial charge >= 0.3 is 6.09 Å². The molecule has 1 aromatic heterocycles. The zero-order valence-electron chi connectivity index (χ0n) is 19.4. The number of rotatable bonds is 7. The van der Waals surface area contributed by atoms with Crippen molar-refractivity contribution in [3.63, 3.8) is 0 Å². The van der Waals surface area contributed by atoms with Gasteiger partial charge in [0.2, 0.25) is 5.91 Å². The fourth-order valence-corrected chi connectivity index (χ4v) is 2.94. The number of aromatic nitrogens is 1. The van der Waals surface area contributed by atoms with E-state index >= 15 is 0 Å². The molecule has 0 bridgehead atoms. The Morgan fingerprint density at radius 1 is 1.09 bits per heavy atom. The minimum Gasteiger partial charge on any atom is -0.468 e. The van der Waals surface area contributed by atoms with Crippen molar-refractivity contribution in [2.24, 2.45) is 0 Å². The number of nitrogens with one attached hydrogen (secondary N) is 3. The molecule has 8 nitrogen and oxygen atoms in total. The number of aromatic amines is 1. The standard InChI is InChI=1S/C22H25N3O3.C3H6O2/c1-22(2,3)28-21(27)25-19(13-15-7-5-4-6-8-15)20(26)24-17-9-10-18-16(14-17)11-12-23-18;1-2-5-3-4/h4-12,14,19,23H,13H2,1-3H3,(H,24,26)(H,25,27);3H,2H2,1H3. The van der Waals surface area contributed by atoms with Gasteiger partial charge in [-0.3, -0.25) is 9.59 Å². The third-order valence-electron chi connectivity index (χ3n) is 4.35. The van der Waals surface area contributed by atoms with Crippen molar-refractivity contribution in [3.05, 3.63) is 66.4 Å². The maximum atomic E-state index is 12.9. The average molecular weight is 454 g/mol. The van der Waals surface area contributed by atoms with Crippen molar-refractivity contribution < 1.29 is 23.9 Å². The molecule has 0 aliphatic rings. The fourth-order valence-electron chi connectivity index (χ4n) is 2.94. The largest absolute Gasteiger partial charge is 0.468 e. The highest BCUT2D eigenvalue weighted by Gasteiger charge is 2.25. The summed E-state index contributed by atoms with van der Waals surface area (Å²) in [7, 11) is 0. The molecule has 0 fully saturated rings. The topological polar surface area (TPSA) is 110 Å². The van der Waals surface area contributed by atoms with Gasteiger partial charge in [0.05, 0.1) is 6.61 Å². The van der Waals surface area contributed by atoms with Crippen LogP contribution in [-0.2, 0) is 25.5 Å². The highest BCUT2D eigenvalue weighted by molar-refractivity contribution is 5.98. The second kappa shape index (κ2) is 12.3. The number of hydrogen-bond donors (Lipinski definition) is 3. The van der Waals surface area contributed by atoms with Crippen LogP contribution in [0.3, 0.4) is 0 Å². The lowest BCUT2D eigenvalue weighted by atomic mass is 10.1. The van der Waals surface area contributed by atoms with Crippen LogP contribution in [0.25, 0.3) is 10.9 Å². The van der Waals surface area contributed by atoms with Crippen LogP contribution in [-0.4, -0.2) is 41.7 Å². The second-order valence-corrected chi connectivity index (χ2v) is 8.21. The minimum absolute atomic E-state index is 0.301. The van der Waals surface area contributed by atoms with Crippen molar-refractivity contribution in [2.75, 3.05) is 11.9 Å². The Labute approximate surface area is 193 Å². The lowest BCUT2D eigenvalue weighted by molar-refractivity contribution is -0.128. The van der Waals surface area contributed by atoms with E-state index < -0.39 is 17.7 Å². The minimum atomic E-state index is -0.765. The van der Waals surface area contributed by atoms with Crippen LogP contribution in [0, 0.1) is 0 Å². The molecule has 1 atom stereocenters. The first kappa shape index (κ1) is 25.5. The van der Waals surface area contributed by atoms with Crippen LogP contribution < -0.4 is 10.6 Å². The van der Waals surface area contributed by atoms with Crippen molar-refractivity contribution in [1.82, 2.24) is 10.3 Å². The van der Waals surface area contributed by atoms with E-state index in [1.807, 2.05) is 60.8 Å². The van der Waals surface area contributed by atoms with Crippen LogP contribution in [0.4, 0.5) is 10.5 Å². The molecule has 0 aliphatic carbocycles. The van der Waals surface area contributed by atoms with Crippen LogP contribution in [0.1, 0.15) is 33.3 Å². The molecule has 0 saturated carbocycles. The lowest BCUT2D eigenvalue weighted by Crippen LogP contribution is -2.47. The summed E-state index contributed by atoms with van der Waals surface area (Å²) in [5.74, 6) is -0.301. The monoisotopic (exact) mass is 453 g/mol. The molecule has 2 amide bonds. The van der Waals surface area contributed by atoms with Gasteiger partial charge in [-0.05, 0) is 57.5 Å². The van der Waals surface area contributed by atoms with E-state index in [1.165, 1.54) is 0 Å². The number of anilines is 1. The second-order valence-electron chi connectivity index (χ2n) is 8.21. The van der Waals surface area contributed by atoms with Gasteiger partial charge in [-0.1, -0.05) is 30.3 Å². The molecule has 2 aromatic carbocycles. The normalized spacial score (nSPS) is 11.5. The van der Waals surface area contributed by atoms with Crippen LogP contribution >= 0.6 is 0 Å². The summed E-state index contributed by atoms with van der Waals surface area (Å²) in [6.07, 6.45) is 1.58. The van der Waals surface area contributed by atoms with Gasteiger partial charge < -0.3 is 25.1 Å². The van der Waals surface area contributed by atoms with Crippen LogP contribution in [0.15, 0.2) is 60.8 Å². The molecule has 1 unspecified atom stereocenters. The molecule has 176 valence electrons. The number of ether oxygens (including phenoxy) is 2. The van der Waals surface area contributed by atoms with Gasteiger partial charge in [0, 0.05) is 29.2 Å². The van der Waals surface area contributed by atoms with Crippen molar-refractivity contribution >= 4 is 35.1 Å². The number of H-pyrrole nitrogens is 1. The van der Waals surface area contributed by atoms with Crippen molar-refractivity contribution in [3.8, 4) is 0 Å². The van der Waals surface area contributed by atoms with Crippen molar-refractivity contribution in [2.45, 2.75) is 45.8 Å². The molecule has 0 spiro atoms. The van der Waals surface area contributed by atoms with E-state index in [-0.39, 0.29) is 5.91 Å². The zero-order chi connectivity index (χ0) is 24.3. The lowest BCUT2D eigenvalue weighted by Gasteiger charge is -2.23. The van der Waals surface area contributed by atoms with Crippen LogP contribution in [0.5, 0.6) is 0 Å². The fraction of sp³-hybridized carbons (Fsp3) is 0.320. The molecule has 3 rings (SSSR count). The summed E-state index contributed by atoms with van der Waals surface area (Å²) in [5.41, 5.74) is 1.96. The maximum absolute atomic E-state index is 12.9. The molecule has 8 heteroatoms. The molecular weight excluding hydrogens is 422 g/mol. The Kier molecular flexibility index (Phi) is 9.47. The summed E-state index contributed by atoms with van der Waals surface area (Å²) in [5, 5.41) is 6.58. The number of carbonyl (C=O) groups is 3. The number of carbonyl (C=O) groups excluding carboxylic acids is 3. The zero-order valence-corrected chi connectivity index (χ0v) is 19.4. The first-order valence-corrected chi connectivity index (χ1v) is 10.7. The number of hydrogen-bond acceptors (Lipinski definition) is 5. The molecule has 0 saturated heterocycles. The van der Waals surface area contributed by atoms with E-state index in [0.29, 0.717) is 25.2 Å². The summed E-state index contributed by atoms with van der Waals surface area (Å²) < 4.78 is 9.47. The first-order valence-electron chi connectivity index (χ1n) is 10.7. The van der Waals surface area contributed by atoms with Gasteiger partial charge in [-0.15, -0.1) is 0 Å². The molecule has 0 aliphatic heterocycles. The van der Waals surface area contributed by atoms with Crippen molar-refractivity contribution in [1.29, 1.82) is 0 Å². The summed E-state index contributed by atoms with van der Waals surface area (Å²) in [6, 6.07) is 16.3. The van der Waals surface area contributed by atoms with E-state index in [4.69, 9.17) is 4.74 Å². The van der Waals surface area contributed by atoms with E-state index in [2.05, 4.69) is 20.4 Å². The Bertz CT molecular complexity index is 1040. The van der Waals surface area contributed by atoms with Gasteiger partial charge in [0.1, 0.15) is 11.6 Å². The summed E-state index contributed by atoms with van der Waals surface area (Å²) in [6.45, 7) is 8.01. The predicted octanol–water partition coefficient (Wildman–Crippen LogP) is 4.42. The quantitative estimate of drug-likeness (QED) is 0.459. The molecule has 3 N–H and O–H groups in total. The SMILES string of the molecule is CC(C)(C)OC(=O)NC(Cc1ccccc1)C(=O)Nc1ccc2[nH]ccc2c1.CCOC=O. The molecule has 3 aromatic rings. The van der Waals surface area contributed by atoms with E-state index in [9.17, 15) is 14.4 Å². The molecule has 0 radical (unpaired) electrons. The molecule has 1 heterocycles. The highest BCUT2D eigenvalue weighted by Crippen LogP contribution is 2.18. The Balaban J connectivity index is 0.000000696. The summed E-state index contributed by atoms with van der Waals surface area (Å²) >= 11 is 0. The maximum Gasteiger partial charge on any atom is 0.408 e. The Morgan fingerprint density at radius 2 is 1.82 bits per heavy atom. The van der Waals surface area contributed by atoms with Gasteiger partial charge in [-0.2, -0.15) is 0 Å². The molecule has 33 heavy (non-hydrogen) atoms. The van der Waals surface area contributed by atoms with E-state index in [0.717, 1.165) is 16.5 Å². The molecular formula is C25H31N3O5. The average Bonchev–Trinajstić information content (AvgIpc) is 3.21. The van der Waals surface area contributed by atoms with Gasteiger partial charge in [0.25, 0.3) is 6.47 Å². The van der Waals surface area contributed by atoms with Gasteiger partial charge in [0.15, 0.2) is 0 Å². The predicted molar refractivity (Wildman–Crippen MR) is 128 cm³/mol.